The average Bonchev–Trinajstić information content (AvgIpc) is 3.61. The first-order valence-electron chi connectivity index (χ1n) is 11.5. The Bertz CT molecular complexity index is 1470. The lowest BCUT2D eigenvalue weighted by molar-refractivity contribution is -0.120. The normalized spacial score (nSPS) is 16.5. The van der Waals surface area contributed by atoms with Crippen molar-refractivity contribution in [2.24, 2.45) is 0 Å². The van der Waals surface area contributed by atoms with Gasteiger partial charge in [0, 0.05) is 17.7 Å². The number of nitrogens with one attached hydrogen (secondary N) is 1. The molecule has 1 atom stereocenters. The first-order chi connectivity index (χ1) is 17.4. The molecule has 7 nitrogen and oxygen atoms in total. The average molecular weight is 538 g/mol. The molecule has 184 valence electrons. The minimum absolute atomic E-state index is 0.188. The van der Waals surface area contributed by atoms with E-state index in [0.29, 0.717) is 29.0 Å². The first kappa shape index (κ1) is 24.5. The molecule has 2 aromatic carbocycles. The molecule has 5 rings (SSSR count). The molecular weight excluding hydrogens is 515 g/mol. The fraction of sp³-hybridized carbons (Fsp3) is 0.192. The van der Waals surface area contributed by atoms with Gasteiger partial charge in [0.25, 0.3) is 10.0 Å². The fourth-order valence-electron chi connectivity index (χ4n) is 4.21. The van der Waals surface area contributed by atoms with E-state index >= 15 is 0 Å². The Morgan fingerprint density at radius 1 is 0.944 bits per heavy atom. The molecular formula is C26H23N3O4S3. The van der Waals surface area contributed by atoms with E-state index in [1.807, 2.05) is 36.4 Å². The van der Waals surface area contributed by atoms with Gasteiger partial charge in [-0.2, -0.15) is 4.31 Å². The Kier molecular flexibility index (Phi) is 7.10. The maximum Gasteiger partial charge on any atom is 0.253 e. The van der Waals surface area contributed by atoms with Crippen LogP contribution < -0.4 is 5.32 Å². The maximum absolute atomic E-state index is 13.4. The van der Waals surface area contributed by atoms with E-state index in [2.05, 4.69) is 10.3 Å². The van der Waals surface area contributed by atoms with Gasteiger partial charge in [0.1, 0.15) is 15.1 Å². The van der Waals surface area contributed by atoms with Gasteiger partial charge >= 0.3 is 0 Å². The Labute approximate surface area is 217 Å². The van der Waals surface area contributed by atoms with E-state index in [4.69, 9.17) is 0 Å². The highest BCUT2D eigenvalue weighted by Crippen LogP contribution is 2.34. The number of anilines is 1. The number of hydrogen-bond acceptors (Lipinski definition) is 7. The summed E-state index contributed by atoms with van der Waals surface area (Å²) in [6.07, 6.45) is 1.86. The molecule has 36 heavy (non-hydrogen) atoms. The summed E-state index contributed by atoms with van der Waals surface area (Å²) >= 11 is 2.23. The van der Waals surface area contributed by atoms with Crippen molar-refractivity contribution in [1.29, 1.82) is 0 Å². The second kappa shape index (κ2) is 10.4. The van der Waals surface area contributed by atoms with Crippen LogP contribution in [-0.4, -0.2) is 42.0 Å². The summed E-state index contributed by atoms with van der Waals surface area (Å²) in [4.78, 5) is 31.7. The van der Waals surface area contributed by atoms with Crippen LogP contribution in [-0.2, 0) is 14.8 Å². The molecule has 1 amide bonds. The van der Waals surface area contributed by atoms with Gasteiger partial charge in [-0.05, 0) is 24.3 Å². The van der Waals surface area contributed by atoms with Gasteiger partial charge in [-0.25, -0.2) is 13.4 Å². The molecule has 0 bridgehead atoms. The van der Waals surface area contributed by atoms with Crippen molar-refractivity contribution in [3.8, 4) is 11.3 Å². The van der Waals surface area contributed by atoms with Crippen molar-refractivity contribution >= 4 is 49.5 Å². The van der Waals surface area contributed by atoms with Crippen molar-refractivity contribution in [3.63, 3.8) is 0 Å². The van der Waals surface area contributed by atoms with E-state index in [1.54, 1.807) is 41.8 Å². The zero-order valence-corrected chi connectivity index (χ0v) is 21.6. The van der Waals surface area contributed by atoms with Crippen molar-refractivity contribution in [2.75, 3.05) is 11.9 Å². The molecule has 0 spiro atoms. The van der Waals surface area contributed by atoms with Crippen LogP contribution in [0.2, 0.25) is 0 Å². The number of thiazole rings is 1. The SMILES string of the molecule is O=C(c1ccccc1)c1sc(NC(=O)C2CCCCN2S(=O)(=O)c2cccs2)nc1-c1ccccc1. The lowest BCUT2D eigenvalue weighted by Gasteiger charge is -2.32. The van der Waals surface area contributed by atoms with Crippen LogP contribution in [0.5, 0.6) is 0 Å². The number of sulfonamides is 1. The molecule has 3 heterocycles. The van der Waals surface area contributed by atoms with E-state index < -0.39 is 22.0 Å². The van der Waals surface area contributed by atoms with E-state index in [0.717, 1.165) is 34.7 Å². The van der Waals surface area contributed by atoms with Gasteiger partial charge in [0.15, 0.2) is 5.13 Å². The molecule has 4 aromatic rings. The predicted octanol–water partition coefficient (Wildman–Crippen LogP) is 5.28. The van der Waals surface area contributed by atoms with Crippen molar-refractivity contribution in [2.45, 2.75) is 29.5 Å². The van der Waals surface area contributed by atoms with E-state index in [-0.39, 0.29) is 21.7 Å². The van der Waals surface area contributed by atoms with Crippen LogP contribution in [0.4, 0.5) is 5.13 Å². The summed E-state index contributed by atoms with van der Waals surface area (Å²) in [7, 11) is -3.78. The van der Waals surface area contributed by atoms with Gasteiger partial charge in [-0.1, -0.05) is 84.5 Å². The van der Waals surface area contributed by atoms with Gasteiger partial charge in [0.05, 0.1) is 5.69 Å². The largest absolute Gasteiger partial charge is 0.301 e. The van der Waals surface area contributed by atoms with Gasteiger partial charge in [-0.15, -0.1) is 11.3 Å². The summed E-state index contributed by atoms with van der Waals surface area (Å²) < 4.78 is 27.9. The summed E-state index contributed by atoms with van der Waals surface area (Å²) in [5, 5.41) is 4.78. The van der Waals surface area contributed by atoms with Gasteiger partial charge < -0.3 is 5.32 Å². The number of nitrogens with zero attached hydrogens (tertiary/aromatic N) is 2. The highest BCUT2D eigenvalue weighted by atomic mass is 32.2. The number of thiophene rings is 1. The van der Waals surface area contributed by atoms with Gasteiger partial charge in [0.2, 0.25) is 11.7 Å². The zero-order valence-electron chi connectivity index (χ0n) is 19.2. The van der Waals surface area contributed by atoms with Crippen molar-refractivity contribution in [1.82, 2.24) is 9.29 Å². The Morgan fingerprint density at radius 3 is 2.36 bits per heavy atom. The number of piperidine rings is 1. The third-order valence-corrected chi connectivity index (χ3v) is 10.2. The molecule has 2 aromatic heterocycles. The number of aromatic nitrogens is 1. The lowest BCUT2D eigenvalue weighted by Crippen LogP contribution is -2.49. The summed E-state index contributed by atoms with van der Waals surface area (Å²) in [5.74, 6) is -0.631. The smallest absolute Gasteiger partial charge is 0.253 e. The third-order valence-electron chi connectivity index (χ3n) is 5.96. The minimum Gasteiger partial charge on any atom is -0.301 e. The molecule has 1 aliphatic rings. The number of hydrogen-bond donors (Lipinski definition) is 1. The quantitative estimate of drug-likeness (QED) is 0.324. The molecule has 0 saturated carbocycles. The highest BCUT2D eigenvalue weighted by Gasteiger charge is 2.38. The second-order valence-electron chi connectivity index (χ2n) is 8.31. The third kappa shape index (κ3) is 4.90. The molecule has 1 N–H and O–H groups in total. The van der Waals surface area contributed by atoms with Crippen LogP contribution >= 0.6 is 22.7 Å². The number of carbonyl (C=O) groups is 2. The summed E-state index contributed by atoms with van der Waals surface area (Å²) in [5.41, 5.74) is 1.77. The standard InChI is InChI=1S/C26H23N3O4S3/c30-23(19-12-5-2-6-13-19)24-22(18-10-3-1-4-11-18)27-26(35-24)28-25(31)20-14-7-8-16-29(20)36(32,33)21-15-9-17-34-21/h1-6,9-13,15,17,20H,7-8,14,16H2,(H,27,28,31). The number of benzene rings is 2. The van der Waals surface area contributed by atoms with Crippen LogP contribution in [0.25, 0.3) is 11.3 Å². The second-order valence-corrected chi connectivity index (χ2v) is 12.4. The van der Waals surface area contributed by atoms with Crippen molar-refractivity contribution < 1.29 is 18.0 Å². The predicted molar refractivity (Wildman–Crippen MR) is 142 cm³/mol. The molecule has 1 unspecified atom stereocenters. The lowest BCUT2D eigenvalue weighted by atomic mass is 10.0. The molecule has 1 fully saturated rings. The Balaban J connectivity index is 1.46. The van der Waals surface area contributed by atoms with Crippen LogP contribution in [0.15, 0.2) is 82.4 Å². The van der Waals surface area contributed by atoms with Crippen molar-refractivity contribution in [3.05, 3.63) is 88.6 Å². The van der Waals surface area contributed by atoms with Crippen LogP contribution in [0, 0.1) is 0 Å². The molecule has 10 heteroatoms. The van der Waals surface area contributed by atoms with E-state index in [1.165, 1.54) is 4.31 Å². The van der Waals surface area contributed by atoms with E-state index in [9.17, 15) is 18.0 Å². The monoisotopic (exact) mass is 537 g/mol. The van der Waals surface area contributed by atoms with Crippen LogP contribution in [0.1, 0.15) is 34.5 Å². The Morgan fingerprint density at radius 2 is 1.67 bits per heavy atom. The first-order valence-corrected chi connectivity index (χ1v) is 14.6. The van der Waals surface area contributed by atoms with Crippen LogP contribution in [0.3, 0.4) is 0 Å². The number of amides is 1. The molecule has 0 aliphatic carbocycles. The molecule has 1 aliphatic heterocycles. The summed E-state index contributed by atoms with van der Waals surface area (Å²) in [6.45, 7) is 0.281. The Hall–Kier alpha value is -3.18. The number of ketones is 1. The fourth-order valence-corrected chi connectivity index (χ4v) is 7.94. The highest BCUT2D eigenvalue weighted by molar-refractivity contribution is 7.91. The maximum atomic E-state index is 13.4. The topological polar surface area (TPSA) is 96.4 Å². The number of rotatable bonds is 7. The molecule has 0 radical (unpaired) electrons. The minimum atomic E-state index is -3.78. The zero-order chi connectivity index (χ0) is 25.1. The number of carbonyl (C=O) groups excluding carboxylic acids is 2. The van der Waals surface area contributed by atoms with Gasteiger partial charge in [-0.3, -0.25) is 9.59 Å². The summed E-state index contributed by atoms with van der Waals surface area (Å²) in [6, 6.07) is 20.6. The molecule has 1 saturated heterocycles.